The normalized spacial score (nSPS) is 15.2. The number of aliphatic hydroxyl groups excluding tert-OH is 1. The van der Waals surface area contributed by atoms with Crippen molar-refractivity contribution in [2.75, 3.05) is 39.3 Å². The molecule has 0 radical (unpaired) electrons. The number of β-amino-alcohol motifs (C(OH)–C–C–N with tert-alkyl or cyclic N) is 1. The number of rotatable bonds is 10. The van der Waals surface area contributed by atoms with Crippen molar-refractivity contribution in [3.8, 4) is 0 Å². The van der Waals surface area contributed by atoms with Crippen molar-refractivity contribution < 1.29 is 19.1 Å². The SMILES string of the molecule is CCCN(CCC)C(=O)c1cc(C)cc(C(=O)NCCCN2CCC(O)C2)c1.Cc1cc(F)cc(P)c1. The van der Waals surface area contributed by atoms with Crippen molar-refractivity contribution in [1.82, 2.24) is 15.1 Å². The van der Waals surface area contributed by atoms with E-state index >= 15 is 0 Å². The van der Waals surface area contributed by atoms with Gasteiger partial charge in [0.25, 0.3) is 11.8 Å². The summed E-state index contributed by atoms with van der Waals surface area (Å²) in [6.45, 7) is 12.5. The molecule has 2 unspecified atom stereocenters. The van der Waals surface area contributed by atoms with E-state index in [1.165, 1.54) is 12.1 Å². The van der Waals surface area contributed by atoms with E-state index in [4.69, 9.17) is 0 Å². The Hall–Kier alpha value is -2.34. The van der Waals surface area contributed by atoms with E-state index in [0.717, 1.165) is 74.8 Å². The fraction of sp³-hybridized carbons (Fsp3) is 0.517. The fourth-order valence-electron chi connectivity index (χ4n) is 4.46. The molecule has 8 heteroatoms. The Labute approximate surface area is 223 Å². The first-order valence-electron chi connectivity index (χ1n) is 13.2. The molecule has 0 aromatic heterocycles. The maximum absolute atomic E-state index is 12.9. The van der Waals surface area contributed by atoms with Gasteiger partial charge >= 0.3 is 0 Å². The largest absolute Gasteiger partial charge is 0.392 e. The van der Waals surface area contributed by atoms with Crippen molar-refractivity contribution in [1.29, 1.82) is 0 Å². The monoisotopic (exact) mass is 531 g/mol. The third-order valence-electron chi connectivity index (χ3n) is 6.11. The lowest BCUT2D eigenvalue weighted by molar-refractivity contribution is 0.0755. The summed E-state index contributed by atoms with van der Waals surface area (Å²) in [7, 11) is 2.46. The summed E-state index contributed by atoms with van der Waals surface area (Å²) in [5.41, 5.74) is 2.99. The number of aryl methyl sites for hydroxylation is 2. The van der Waals surface area contributed by atoms with Gasteiger partial charge in [-0.3, -0.25) is 9.59 Å². The van der Waals surface area contributed by atoms with Crippen LogP contribution >= 0.6 is 9.24 Å². The Bertz CT molecular complexity index is 977. The summed E-state index contributed by atoms with van der Waals surface area (Å²) >= 11 is 0. The van der Waals surface area contributed by atoms with Gasteiger partial charge in [0.2, 0.25) is 0 Å². The van der Waals surface area contributed by atoms with Crippen LogP contribution in [0.25, 0.3) is 0 Å². The van der Waals surface area contributed by atoms with Crippen LogP contribution in [0.2, 0.25) is 0 Å². The second-order valence-electron chi connectivity index (χ2n) is 9.79. The molecular weight excluding hydrogens is 488 g/mol. The minimum absolute atomic E-state index is 0.00552. The van der Waals surface area contributed by atoms with Crippen LogP contribution in [-0.2, 0) is 0 Å². The second-order valence-corrected chi connectivity index (χ2v) is 10.5. The predicted molar refractivity (Wildman–Crippen MR) is 152 cm³/mol. The standard InChI is InChI=1S/C22H35N3O3.C7H8FP/c1-4-9-25(10-5-2)22(28)19-14-17(3)13-18(15-19)21(27)23-8-6-11-24-12-7-20(26)16-24;1-5-2-6(8)4-7(9)3-5/h13-15,20,26H,4-12,16H2,1-3H3,(H,23,27);2-4H,9H2,1H3. The molecule has 3 rings (SSSR count). The number of hydrogen-bond donors (Lipinski definition) is 2. The van der Waals surface area contributed by atoms with E-state index in [1.807, 2.05) is 36.9 Å². The topological polar surface area (TPSA) is 72.9 Å². The number of amides is 2. The molecule has 0 bridgehead atoms. The summed E-state index contributed by atoms with van der Waals surface area (Å²) in [6, 6.07) is 10.3. The lowest BCUT2D eigenvalue weighted by Gasteiger charge is -2.22. The Morgan fingerprint density at radius 3 is 2.27 bits per heavy atom. The predicted octanol–water partition coefficient (Wildman–Crippen LogP) is 4.08. The second kappa shape index (κ2) is 15.8. The van der Waals surface area contributed by atoms with E-state index in [1.54, 1.807) is 6.07 Å². The number of carbonyl (C=O) groups excluding carboxylic acids is 2. The first-order valence-corrected chi connectivity index (χ1v) is 13.8. The van der Waals surface area contributed by atoms with Gasteiger partial charge in [-0.25, -0.2) is 4.39 Å². The van der Waals surface area contributed by atoms with Gasteiger partial charge in [0, 0.05) is 43.9 Å². The van der Waals surface area contributed by atoms with Gasteiger partial charge < -0.3 is 20.2 Å². The number of halogens is 1. The van der Waals surface area contributed by atoms with Crippen LogP contribution in [0.4, 0.5) is 4.39 Å². The summed E-state index contributed by atoms with van der Waals surface area (Å²) < 4.78 is 12.4. The van der Waals surface area contributed by atoms with Gasteiger partial charge in [-0.15, -0.1) is 9.24 Å². The van der Waals surface area contributed by atoms with Gasteiger partial charge in [0.05, 0.1) is 6.10 Å². The Kier molecular flexibility index (Phi) is 13.2. The molecule has 0 spiro atoms. The van der Waals surface area contributed by atoms with Crippen LogP contribution in [0, 0.1) is 19.7 Å². The third-order valence-corrected chi connectivity index (χ3v) is 6.44. The highest BCUT2D eigenvalue weighted by molar-refractivity contribution is 7.27. The highest BCUT2D eigenvalue weighted by Gasteiger charge is 2.20. The maximum Gasteiger partial charge on any atom is 0.253 e. The molecule has 1 heterocycles. The highest BCUT2D eigenvalue weighted by atomic mass is 31.0. The smallest absolute Gasteiger partial charge is 0.253 e. The zero-order chi connectivity index (χ0) is 27.4. The van der Waals surface area contributed by atoms with Crippen LogP contribution in [0.5, 0.6) is 0 Å². The van der Waals surface area contributed by atoms with Crippen LogP contribution in [0.15, 0.2) is 36.4 Å². The molecule has 2 aromatic carbocycles. The number of carbonyl (C=O) groups is 2. The molecule has 6 nitrogen and oxygen atoms in total. The van der Waals surface area contributed by atoms with Crippen LogP contribution in [0.1, 0.15) is 71.4 Å². The lowest BCUT2D eigenvalue weighted by Crippen LogP contribution is -2.33. The van der Waals surface area contributed by atoms with Crippen molar-refractivity contribution >= 4 is 26.4 Å². The molecule has 204 valence electrons. The zero-order valence-electron chi connectivity index (χ0n) is 22.7. The van der Waals surface area contributed by atoms with Crippen molar-refractivity contribution in [2.24, 2.45) is 0 Å². The minimum Gasteiger partial charge on any atom is -0.392 e. The molecule has 2 atom stereocenters. The van der Waals surface area contributed by atoms with Crippen molar-refractivity contribution in [2.45, 2.75) is 59.5 Å². The van der Waals surface area contributed by atoms with Crippen LogP contribution < -0.4 is 10.6 Å². The molecule has 1 fully saturated rings. The number of aliphatic hydroxyl groups is 1. The number of nitrogens with zero attached hydrogens (tertiary/aromatic N) is 2. The average Bonchev–Trinajstić information content (AvgIpc) is 3.25. The first kappa shape index (κ1) is 30.9. The Morgan fingerprint density at radius 1 is 1.05 bits per heavy atom. The van der Waals surface area contributed by atoms with Gasteiger partial charge in [-0.2, -0.15) is 0 Å². The Morgan fingerprint density at radius 2 is 1.70 bits per heavy atom. The highest BCUT2D eigenvalue weighted by Crippen LogP contribution is 2.14. The number of nitrogens with one attached hydrogen (secondary N) is 1. The van der Waals surface area contributed by atoms with E-state index in [2.05, 4.69) is 33.3 Å². The van der Waals surface area contributed by atoms with Gasteiger partial charge in [0.1, 0.15) is 5.82 Å². The summed E-state index contributed by atoms with van der Waals surface area (Å²) in [5.74, 6) is -0.314. The molecule has 0 aliphatic carbocycles. The molecule has 1 saturated heterocycles. The molecular formula is C29H43FN3O3P. The average molecular weight is 532 g/mol. The number of hydrogen-bond acceptors (Lipinski definition) is 4. The van der Waals surface area contributed by atoms with Crippen LogP contribution in [-0.4, -0.2) is 72.1 Å². The lowest BCUT2D eigenvalue weighted by atomic mass is 10.0. The van der Waals surface area contributed by atoms with E-state index in [0.29, 0.717) is 17.7 Å². The van der Waals surface area contributed by atoms with E-state index in [-0.39, 0.29) is 23.7 Å². The molecule has 1 aliphatic rings. The first-order chi connectivity index (χ1) is 17.6. The van der Waals surface area contributed by atoms with E-state index in [9.17, 15) is 19.1 Å². The molecule has 2 N–H and O–H groups in total. The molecule has 0 saturated carbocycles. The minimum atomic E-state index is -0.210. The zero-order valence-corrected chi connectivity index (χ0v) is 23.9. The fourth-order valence-corrected chi connectivity index (χ4v) is 4.88. The molecule has 1 aliphatic heterocycles. The number of benzene rings is 2. The number of likely N-dealkylation sites (tertiary alicyclic amines) is 1. The Balaban J connectivity index is 0.000000449. The van der Waals surface area contributed by atoms with Gasteiger partial charge in [-0.1, -0.05) is 19.9 Å². The summed E-state index contributed by atoms with van der Waals surface area (Å²) in [6.07, 6.45) is 3.30. The summed E-state index contributed by atoms with van der Waals surface area (Å²) in [5, 5.41) is 13.4. The van der Waals surface area contributed by atoms with Gasteiger partial charge in [0.15, 0.2) is 0 Å². The third kappa shape index (κ3) is 10.9. The maximum atomic E-state index is 12.9. The molecule has 2 aromatic rings. The van der Waals surface area contributed by atoms with Gasteiger partial charge in [-0.05, 0) is 92.8 Å². The summed E-state index contributed by atoms with van der Waals surface area (Å²) in [4.78, 5) is 29.5. The van der Waals surface area contributed by atoms with Crippen molar-refractivity contribution in [3.05, 3.63) is 64.5 Å². The van der Waals surface area contributed by atoms with E-state index < -0.39 is 0 Å². The van der Waals surface area contributed by atoms with Crippen molar-refractivity contribution in [3.63, 3.8) is 0 Å². The quantitative estimate of drug-likeness (QED) is 0.358. The molecule has 2 amide bonds. The molecule has 37 heavy (non-hydrogen) atoms. The van der Waals surface area contributed by atoms with Crippen LogP contribution in [0.3, 0.4) is 0 Å².